The smallest absolute Gasteiger partial charge is 0.225 e. The number of rotatable bonds is 5. The standard InChI is InChI=1S/C22H24N4O/c1-27-20-10-8-19(9-11-20)21(18-6-3-2-4-7-18)25-14-16-26(17-15-25)22-23-12-5-13-24-22/h2-13,21H,14-17H2,1H3. The molecule has 27 heavy (non-hydrogen) atoms. The van der Waals surface area contributed by atoms with E-state index < -0.39 is 0 Å². The zero-order valence-electron chi connectivity index (χ0n) is 15.5. The third kappa shape index (κ3) is 3.93. The van der Waals surface area contributed by atoms with Crippen LogP contribution in [0.1, 0.15) is 17.2 Å². The molecule has 1 aromatic heterocycles. The molecule has 138 valence electrons. The van der Waals surface area contributed by atoms with E-state index in [0.29, 0.717) is 0 Å². The molecule has 3 aromatic rings. The van der Waals surface area contributed by atoms with Gasteiger partial charge >= 0.3 is 0 Å². The number of nitrogens with zero attached hydrogens (tertiary/aromatic N) is 4. The van der Waals surface area contributed by atoms with Crippen LogP contribution in [0.25, 0.3) is 0 Å². The summed E-state index contributed by atoms with van der Waals surface area (Å²) in [5, 5.41) is 0. The first-order chi connectivity index (χ1) is 13.3. The normalized spacial score (nSPS) is 16.1. The summed E-state index contributed by atoms with van der Waals surface area (Å²) in [6.45, 7) is 3.76. The van der Waals surface area contributed by atoms with E-state index in [4.69, 9.17) is 4.74 Å². The first-order valence-electron chi connectivity index (χ1n) is 9.30. The number of piperazine rings is 1. The van der Waals surface area contributed by atoms with Crippen LogP contribution in [-0.4, -0.2) is 48.2 Å². The second-order valence-electron chi connectivity index (χ2n) is 6.66. The number of anilines is 1. The summed E-state index contributed by atoms with van der Waals surface area (Å²) in [4.78, 5) is 13.6. The van der Waals surface area contributed by atoms with Gasteiger partial charge in [-0.2, -0.15) is 0 Å². The molecular weight excluding hydrogens is 336 g/mol. The van der Waals surface area contributed by atoms with Crippen molar-refractivity contribution in [2.75, 3.05) is 38.2 Å². The van der Waals surface area contributed by atoms with Crippen LogP contribution in [0.5, 0.6) is 5.75 Å². The predicted octanol–water partition coefficient (Wildman–Crippen LogP) is 3.40. The quantitative estimate of drug-likeness (QED) is 0.698. The number of methoxy groups -OCH3 is 1. The molecule has 0 amide bonds. The molecule has 1 saturated heterocycles. The SMILES string of the molecule is COc1ccc(C(c2ccccc2)N2CCN(c3ncccn3)CC2)cc1. The van der Waals surface area contributed by atoms with Crippen LogP contribution < -0.4 is 9.64 Å². The zero-order chi connectivity index (χ0) is 18.5. The molecule has 0 saturated carbocycles. The molecule has 4 rings (SSSR count). The highest BCUT2D eigenvalue weighted by atomic mass is 16.5. The molecule has 5 heteroatoms. The summed E-state index contributed by atoms with van der Waals surface area (Å²) < 4.78 is 5.33. The van der Waals surface area contributed by atoms with Crippen molar-refractivity contribution in [1.29, 1.82) is 0 Å². The van der Waals surface area contributed by atoms with Crippen LogP contribution in [0.4, 0.5) is 5.95 Å². The van der Waals surface area contributed by atoms with E-state index in [2.05, 4.69) is 62.2 Å². The van der Waals surface area contributed by atoms with Gasteiger partial charge in [-0.3, -0.25) is 4.90 Å². The van der Waals surface area contributed by atoms with Gasteiger partial charge in [-0.25, -0.2) is 9.97 Å². The van der Waals surface area contributed by atoms with Crippen molar-refractivity contribution in [3.8, 4) is 5.75 Å². The average molecular weight is 360 g/mol. The fourth-order valence-corrected chi connectivity index (χ4v) is 3.67. The van der Waals surface area contributed by atoms with Crippen molar-refractivity contribution in [2.45, 2.75) is 6.04 Å². The van der Waals surface area contributed by atoms with Gasteiger partial charge in [0.25, 0.3) is 0 Å². The first-order valence-corrected chi connectivity index (χ1v) is 9.30. The van der Waals surface area contributed by atoms with Crippen LogP contribution in [0.3, 0.4) is 0 Å². The van der Waals surface area contributed by atoms with Gasteiger partial charge in [-0.15, -0.1) is 0 Å². The summed E-state index contributed by atoms with van der Waals surface area (Å²) in [6.07, 6.45) is 3.61. The molecule has 0 bridgehead atoms. The lowest BCUT2D eigenvalue weighted by Crippen LogP contribution is -2.48. The van der Waals surface area contributed by atoms with Gasteiger partial charge < -0.3 is 9.64 Å². The minimum absolute atomic E-state index is 0.232. The van der Waals surface area contributed by atoms with E-state index in [9.17, 15) is 0 Å². The van der Waals surface area contributed by atoms with Gasteiger partial charge in [-0.05, 0) is 29.3 Å². The number of ether oxygens (including phenoxy) is 1. The number of aromatic nitrogens is 2. The highest BCUT2D eigenvalue weighted by Gasteiger charge is 2.27. The molecule has 0 N–H and O–H groups in total. The lowest BCUT2D eigenvalue weighted by molar-refractivity contribution is 0.211. The summed E-state index contributed by atoms with van der Waals surface area (Å²) in [5.74, 6) is 1.70. The minimum Gasteiger partial charge on any atom is -0.497 e. The average Bonchev–Trinajstić information content (AvgIpc) is 2.76. The molecule has 1 aliphatic rings. The lowest BCUT2D eigenvalue weighted by atomic mass is 9.96. The molecular formula is C22H24N4O. The fraction of sp³-hybridized carbons (Fsp3) is 0.273. The molecule has 2 heterocycles. The third-order valence-corrected chi connectivity index (χ3v) is 5.06. The zero-order valence-corrected chi connectivity index (χ0v) is 15.5. The monoisotopic (exact) mass is 360 g/mol. The topological polar surface area (TPSA) is 41.5 Å². The van der Waals surface area contributed by atoms with E-state index in [1.165, 1.54) is 11.1 Å². The second-order valence-corrected chi connectivity index (χ2v) is 6.66. The molecule has 0 aliphatic carbocycles. The molecule has 1 fully saturated rings. The molecule has 1 aliphatic heterocycles. The molecule has 2 aromatic carbocycles. The van der Waals surface area contributed by atoms with Gasteiger partial charge in [0.05, 0.1) is 13.2 Å². The summed E-state index contributed by atoms with van der Waals surface area (Å²) >= 11 is 0. The van der Waals surface area contributed by atoms with E-state index >= 15 is 0 Å². The second kappa shape index (κ2) is 8.18. The molecule has 0 spiro atoms. The van der Waals surface area contributed by atoms with Crippen molar-refractivity contribution >= 4 is 5.95 Å². The predicted molar refractivity (Wildman–Crippen MR) is 107 cm³/mol. The van der Waals surface area contributed by atoms with Gasteiger partial charge in [0.1, 0.15) is 5.75 Å². The summed E-state index contributed by atoms with van der Waals surface area (Å²) in [7, 11) is 1.70. The van der Waals surface area contributed by atoms with Crippen molar-refractivity contribution in [2.24, 2.45) is 0 Å². The Morgan fingerprint density at radius 2 is 1.41 bits per heavy atom. The highest BCUT2D eigenvalue weighted by molar-refractivity contribution is 5.36. The summed E-state index contributed by atoms with van der Waals surface area (Å²) in [5.41, 5.74) is 2.60. The van der Waals surface area contributed by atoms with Gasteiger partial charge in [0, 0.05) is 38.6 Å². The maximum atomic E-state index is 5.33. The Bertz CT molecular complexity index is 831. The van der Waals surface area contributed by atoms with E-state index in [1.54, 1.807) is 19.5 Å². The molecule has 1 unspecified atom stereocenters. The van der Waals surface area contributed by atoms with Crippen molar-refractivity contribution < 1.29 is 4.74 Å². The van der Waals surface area contributed by atoms with Crippen molar-refractivity contribution in [3.05, 3.63) is 84.2 Å². The highest BCUT2D eigenvalue weighted by Crippen LogP contribution is 2.31. The minimum atomic E-state index is 0.232. The Morgan fingerprint density at radius 1 is 0.778 bits per heavy atom. The van der Waals surface area contributed by atoms with Crippen LogP contribution in [0.2, 0.25) is 0 Å². The Hall–Kier alpha value is -2.92. The Labute approximate surface area is 160 Å². The van der Waals surface area contributed by atoms with Crippen molar-refractivity contribution in [3.63, 3.8) is 0 Å². The van der Waals surface area contributed by atoms with E-state index in [0.717, 1.165) is 37.9 Å². The van der Waals surface area contributed by atoms with E-state index in [-0.39, 0.29) is 6.04 Å². The van der Waals surface area contributed by atoms with Crippen LogP contribution in [-0.2, 0) is 0 Å². The van der Waals surface area contributed by atoms with Gasteiger partial charge in [-0.1, -0.05) is 42.5 Å². The number of hydrogen-bond acceptors (Lipinski definition) is 5. The lowest BCUT2D eigenvalue weighted by Gasteiger charge is -2.39. The van der Waals surface area contributed by atoms with Crippen LogP contribution >= 0.6 is 0 Å². The van der Waals surface area contributed by atoms with Gasteiger partial charge in [0.15, 0.2) is 0 Å². The Kier molecular flexibility index (Phi) is 5.30. The molecule has 1 atom stereocenters. The molecule has 0 radical (unpaired) electrons. The maximum absolute atomic E-state index is 5.33. The van der Waals surface area contributed by atoms with Crippen molar-refractivity contribution in [1.82, 2.24) is 14.9 Å². The third-order valence-electron chi connectivity index (χ3n) is 5.06. The largest absolute Gasteiger partial charge is 0.497 e. The van der Waals surface area contributed by atoms with E-state index in [1.807, 2.05) is 18.2 Å². The summed E-state index contributed by atoms with van der Waals surface area (Å²) in [6, 6.07) is 21.2. The maximum Gasteiger partial charge on any atom is 0.225 e. The van der Waals surface area contributed by atoms with Crippen LogP contribution in [0.15, 0.2) is 73.1 Å². The molecule has 5 nitrogen and oxygen atoms in total. The Morgan fingerprint density at radius 3 is 2.04 bits per heavy atom. The number of benzene rings is 2. The number of hydrogen-bond donors (Lipinski definition) is 0. The first kappa shape index (κ1) is 17.5. The van der Waals surface area contributed by atoms with Gasteiger partial charge in [0.2, 0.25) is 5.95 Å². The Balaban J connectivity index is 1.56. The van der Waals surface area contributed by atoms with Crippen LogP contribution in [0, 0.1) is 0 Å². The fourth-order valence-electron chi connectivity index (χ4n) is 3.67.